The molecule has 5 rings (SSSR count). The summed E-state index contributed by atoms with van der Waals surface area (Å²) >= 11 is 0. The molecule has 0 unspecified atom stereocenters. The molecule has 0 N–H and O–H groups in total. The maximum atomic E-state index is 6.53. The van der Waals surface area contributed by atoms with Gasteiger partial charge in [0.15, 0.2) is 0 Å². The van der Waals surface area contributed by atoms with Gasteiger partial charge in [-0.25, -0.2) is 9.22 Å². The first-order chi connectivity index (χ1) is 12.9. The number of hydrogen-bond acceptors (Lipinski definition) is 2. The highest BCUT2D eigenvalue weighted by Crippen LogP contribution is 2.38. The fraction of sp³-hybridized carbons (Fsp3) is 0.478. The second kappa shape index (κ2) is 5.78. The van der Waals surface area contributed by atoms with Crippen molar-refractivity contribution in [3.05, 3.63) is 41.9 Å². The van der Waals surface area contributed by atoms with Crippen LogP contribution >= 0.6 is 0 Å². The molecule has 1 aromatic carbocycles. The molecule has 4 heterocycles. The minimum absolute atomic E-state index is 0.197. The predicted molar refractivity (Wildman–Crippen MR) is 112 cm³/mol. The number of fused-ring (bicyclic) bond motifs is 4. The summed E-state index contributed by atoms with van der Waals surface area (Å²) in [4.78, 5) is 4.85. The maximum Gasteiger partial charge on any atom is 0.400 e. The fourth-order valence-electron chi connectivity index (χ4n) is 5.26. The zero-order valence-electron chi connectivity index (χ0n) is 16.9. The van der Waals surface area contributed by atoms with E-state index in [1.54, 1.807) is 5.19 Å². The van der Waals surface area contributed by atoms with E-state index in [0.717, 1.165) is 17.7 Å². The Morgan fingerprint density at radius 2 is 1.89 bits per heavy atom. The van der Waals surface area contributed by atoms with Crippen LogP contribution in [0.2, 0.25) is 12.1 Å². The third kappa shape index (κ3) is 2.53. The molecule has 0 bridgehead atoms. The summed E-state index contributed by atoms with van der Waals surface area (Å²) in [6.07, 6.45) is 6.93. The molecule has 0 radical (unpaired) electrons. The van der Waals surface area contributed by atoms with Crippen LogP contribution in [0.4, 0.5) is 0 Å². The van der Waals surface area contributed by atoms with Gasteiger partial charge >= 0.3 is 14.1 Å². The van der Waals surface area contributed by atoms with Crippen molar-refractivity contribution in [2.75, 3.05) is 0 Å². The fourth-order valence-corrected chi connectivity index (χ4v) is 10.7. The minimum Gasteiger partial charge on any atom is -0.403 e. The second-order valence-electron chi connectivity index (χ2n) is 9.72. The second-order valence-corrected chi connectivity index (χ2v) is 13.8. The van der Waals surface area contributed by atoms with Crippen molar-refractivity contribution in [2.45, 2.75) is 65.5 Å². The summed E-state index contributed by atoms with van der Waals surface area (Å²) in [6.45, 7) is 9.12. The highest BCUT2D eigenvalue weighted by atomic mass is 28.3. The number of aryl methyl sites for hydroxylation is 1. The molecule has 2 aromatic heterocycles. The molecule has 2 aliphatic heterocycles. The average Bonchev–Trinajstić information content (AvgIpc) is 2.98. The molecular weight excluding hydrogens is 348 g/mol. The van der Waals surface area contributed by atoms with Gasteiger partial charge in [0.2, 0.25) is 5.58 Å². The van der Waals surface area contributed by atoms with Crippen LogP contribution in [0, 0.1) is 12.3 Å². The minimum atomic E-state index is -1.87. The Kier molecular flexibility index (Phi) is 3.67. The van der Waals surface area contributed by atoms with Crippen LogP contribution in [0.1, 0.15) is 51.5 Å². The Morgan fingerprint density at radius 1 is 1.11 bits per heavy atom. The van der Waals surface area contributed by atoms with Crippen molar-refractivity contribution < 1.29 is 8.65 Å². The maximum absolute atomic E-state index is 6.53. The molecular formula is C23H29N2OSi+. The van der Waals surface area contributed by atoms with Crippen molar-refractivity contribution in [1.82, 2.24) is 4.98 Å². The standard InChI is InChI=1S/C23H29N2OSi/c1-16-8-9-19-17(14-16)21-22-18(10-11-24-21)26-20(15-23(2,3)4)25(22)27(19)12-6-5-7-13-27/h8-11,14H,5-7,12-13,15H2,1-4H3/q+1. The molecule has 2 aliphatic rings. The summed E-state index contributed by atoms with van der Waals surface area (Å²) < 4.78 is 9.23. The monoisotopic (exact) mass is 377 g/mol. The number of pyridine rings is 1. The highest BCUT2D eigenvalue weighted by Gasteiger charge is 2.57. The Labute approximate surface area is 162 Å². The van der Waals surface area contributed by atoms with Crippen LogP contribution in [0.15, 0.2) is 34.9 Å². The van der Waals surface area contributed by atoms with Crippen molar-refractivity contribution in [3.63, 3.8) is 0 Å². The number of oxazole rings is 1. The van der Waals surface area contributed by atoms with Gasteiger partial charge in [0, 0.05) is 35.1 Å². The van der Waals surface area contributed by atoms with E-state index in [2.05, 4.69) is 56.2 Å². The number of benzene rings is 1. The molecule has 3 aromatic rings. The number of aromatic nitrogens is 2. The van der Waals surface area contributed by atoms with E-state index in [0.29, 0.717) is 0 Å². The van der Waals surface area contributed by atoms with Crippen molar-refractivity contribution >= 4 is 24.5 Å². The first-order valence-electron chi connectivity index (χ1n) is 10.3. The third-order valence-electron chi connectivity index (χ3n) is 6.31. The lowest BCUT2D eigenvalue weighted by molar-refractivity contribution is -0.535. The lowest BCUT2D eigenvalue weighted by atomic mass is 9.92. The number of hydrogen-bond donors (Lipinski definition) is 0. The van der Waals surface area contributed by atoms with Crippen LogP contribution in [0.5, 0.6) is 0 Å². The molecule has 0 amide bonds. The van der Waals surface area contributed by atoms with E-state index in [1.807, 2.05) is 6.20 Å². The first-order valence-corrected chi connectivity index (χ1v) is 12.7. The van der Waals surface area contributed by atoms with Crippen LogP contribution in [-0.2, 0) is 6.42 Å². The van der Waals surface area contributed by atoms with E-state index in [1.165, 1.54) is 53.9 Å². The number of rotatable bonds is 1. The molecule has 0 saturated carbocycles. The normalized spacial score (nSPS) is 18.1. The van der Waals surface area contributed by atoms with E-state index < -0.39 is 8.24 Å². The molecule has 3 nitrogen and oxygen atoms in total. The van der Waals surface area contributed by atoms with Crippen molar-refractivity contribution in [1.29, 1.82) is 0 Å². The van der Waals surface area contributed by atoms with Gasteiger partial charge in [-0.1, -0.05) is 44.9 Å². The summed E-state index contributed by atoms with van der Waals surface area (Å²) in [6, 6.07) is 11.8. The van der Waals surface area contributed by atoms with Crippen molar-refractivity contribution in [2.24, 2.45) is 5.41 Å². The molecule has 140 valence electrons. The lowest BCUT2D eigenvalue weighted by Crippen LogP contribution is -2.75. The largest absolute Gasteiger partial charge is 0.403 e. The lowest BCUT2D eigenvalue weighted by Gasteiger charge is -2.33. The molecule has 1 fully saturated rings. The van der Waals surface area contributed by atoms with Gasteiger partial charge in [-0.3, -0.25) is 0 Å². The summed E-state index contributed by atoms with van der Waals surface area (Å²) in [5, 5.41) is 1.59. The molecule has 0 aliphatic carbocycles. The molecule has 1 spiro atoms. The summed E-state index contributed by atoms with van der Waals surface area (Å²) in [5.74, 6) is 1.17. The predicted octanol–water partition coefficient (Wildman–Crippen LogP) is 4.88. The van der Waals surface area contributed by atoms with Gasteiger partial charge < -0.3 is 4.42 Å². The number of nitrogens with zero attached hydrogens (tertiary/aromatic N) is 2. The third-order valence-corrected chi connectivity index (χ3v) is 11.4. The van der Waals surface area contributed by atoms with Gasteiger partial charge in [0.25, 0.3) is 5.52 Å². The van der Waals surface area contributed by atoms with Gasteiger partial charge in [0.05, 0.1) is 6.42 Å². The Hall–Kier alpha value is -1.94. The Bertz CT molecular complexity index is 1040. The van der Waals surface area contributed by atoms with Crippen molar-refractivity contribution in [3.8, 4) is 11.3 Å². The summed E-state index contributed by atoms with van der Waals surface area (Å²) in [5.41, 5.74) is 6.30. The topological polar surface area (TPSA) is 29.9 Å². The SMILES string of the molecule is Cc1ccc2c(c1)-c1nccc3oc(CC(C)(C)C)[n+](c13)[Si]21CCCCC1. The highest BCUT2D eigenvalue weighted by molar-refractivity contribution is 6.86. The first kappa shape index (κ1) is 17.2. The van der Waals surface area contributed by atoms with Crippen LogP contribution in [0.3, 0.4) is 0 Å². The van der Waals surface area contributed by atoms with E-state index in [-0.39, 0.29) is 5.41 Å². The quantitative estimate of drug-likeness (QED) is 0.566. The zero-order chi connectivity index (χ0) is 18.8. The van der Waals surface area contributed by atoms with Crippen LogP contribution in [-0.4, -0.2) is 13.2 Å². The van der Waals surface area contributed by atoms with Gasteiger partial charge in [0.1, 0.15) is 5.69 Å². The molecule has 0 atom stereocenters. The van der Waals surface area contributed by atoms with Crippen LogP contribution < -0.4 is 9.42 Å². The van der Waals surface area contributed by atoms with Gasteiger partial charge in [-0.2, -0.15) is 0 Å². The molecule has 4 heteroatoms. The zero-order valence-corrected chi connectivity index (χ0v) is 17.9. The molecule has 1 saturated heterocycles. The smallest absolute Gasteiger partial charge is 0.400 e. The molecule has 27 heavy (non-hydrogen) atoms. The van der Waals surface area contributed by atoms with E-state index in [9.17, 15) is 0 Å². The summed E-state index contributed by atoms with van der Waals surface area (Å²) in [7, 11) is -1.87. The Morgan fingerprint density at radius 3 is 2.63 bits per heavy atom. The Balaban J connectivity index is 1.89. The van der Waals surface area contributed by atoms with E-state index >= 15 is 0 Å². The van der Waals surface area contributed by atoms with Gasteiger partial charge in [-0.15, -0.1) is 0 Å². The van der Waals surface area contributed by atoms with E-state index in [4.69, 9.17) is 9.40 Å². The van der Waals surface area contributed by atoms with Crippen LogP contribution in [0.25, 0.3) is 22.4 Å². The van der Waals surface area contributed by atoms with Gasteiger partial charge in [-0.05, 0) is 31.2 Å². The average molecular weight is 378 g/mol.